The molecule has 0 atom stereocenters. The summed E-state index contributed by atoms with van der Waals surface area (Å²) in [6, 6.07) is 7.36. The van der Waals surface area contributed by atoms with Crippen molar-refractivity contribution in [3.63, 3.8) is 0 Å². The van der Waals surface area contributed by atoms with Crippen LogP contribution in [0.15, 0.2) is 29.3 Å². The summed E-state index contributed by atoms with van der Waals surface area (Å²) in [4.78, 5) is 11.3. The molecular formula is C17H26FN5. The normalized spacial score (nSPS) is 19.9. The number of guanidine groups is 1. The lowest BCUT2D eigenvalue weighted by atomic mass is 10.2. The maximum atomic E-state index is 13.0. The number of hydrogen-bond donors (Lipinski definition) is 1. The van der Waals surface area contributed by atoms with E-state index in [4.69, 9.17) is 5.73 Å². The Balaban J connectivity index is 1.40. The molecule has 2 fully saturated rings. The first-order valence-electron chi connectivity index (χ1n) is 8.39. The highest BCUT2D eigenvalue weighted by atomic mass is 19.1. The van der Waals surface area contributed by atoms with Gasteiger partial charge in [0.15, 0.2) is 5.96 Å². The quantitative estimate of drug-likeness (QED) is 0.657. The van der Waals surface area contributed by atoms with Crippen molar-refractivity contribution in [2.24, 2.45) is 10.7 Å². The summed E-state index contributed by atoms with van der Waals surface area (Å²) in [6.45, 7) is 5.63. The van der Waals surface area contributed by atoms with Gasteiger partial charge < -0.3 is 15.5 Å². The topological polar surface area (TPSA) is 48.1 Å². The van der Waals surface area contributed by atoms with Crippen LogP contribution in [0.1, 0.15) is 12.8 Å². The Hall–Kier alpha value is -1.82. The van der Waals surface area contributed by atoms with E-state index >= 15 is 0 Å². The Kier molecular flexibility index (Phi) is 5.00. The van der Waals surface area contributed by atoms with Crippen LogP contribution in [-0.4, -0.2) is 68.1 Å². The van der Waals surface area contributed by atoms with Crippen molar-refractivity contribution in [3.8, 4) is 0 Å². The van der Waals surface area contributed by atoms with E-state index in [1.165, 1.54) is 25.0 Å². The van der Waals surface area contributed by atoms with Crippen LogP contribution >= 0.6 is 0 Å². The first-order chi connectivity index (χ1) is 11.1. The van der Waals surface area contributed by atoms with E-state index in [0.29, 0.717) is 12.0 Å². The van der Waals surface area contributed by atoms with Gasteiger partial charge in [0.2, 0.25) is 0 Å². The Morgan fingerprint density at radius 3 is 2.48 bits per heavy atom. The molecule has 5 nitrogen and oxygen atoms in total. The predicted octanol–water partition coefficient (Wildman–Crippen LogP) is 1.36. The standard InChI is InChI=1S/C17H26FN5/c1-21(15-6-7-15)17(19)20-8-9-22-10-12-23(13-11-22)16-4-2-14(18)3-5-16/h2-5,15H,6-13H2,1H3,(H2,19,20). The average molecular weight is 319 g/mol. The molecule has 1 aromatic carbocycles. The molecule has 0 bridgehead atoms. The summed E-state index contributed by atoms with van der Waals surface area (Å²) in [5.74, 6) is 0.483. The third-order valence-corrected chi connectivity index (χ3v) is 4.71. The van der Waals surface area contributed by atoms with Gasteiger partial charge in [-0.15, -0.1) is 0 Å². The molecule has 0 unspecified atom stereocenters. The molecule has 2 aliphatic rings. The number of hydrogen-bond acceptors (Lipinski definition) is 3. The summed E-state index contributed by atoms with van der Waals surface area (Å²) < 4.78 is 13.0. The number of rotatable bonds is 5. The SMILES string of the molecule is CN(C(N)=NCCN1CCN(c2ccc(F)cc2)CC1)C1CC1. The highest BCUT2D eigenvalue weighted by molar-refractivity contribution is 5.78. The maximum Gasteiger partial charge on any atom is 0.191 e. The summed E-state index contributed by atoms with van der Waals surface area (Å²) >= 11 is 0. The maximum absolute atomic E-state index is 13.0. The molecule has 1 aliphatic heterocycles. The van der Waals surface area contributed by atoms with Gasteiger partial charge in [0.25, 0.3) is 0 Å². The van der Waals surface area contributed by atoms with Gasteiger partial charge in [-0.2, -0.15) is 0 Å². The van der Waals surface area contributed by atoms with E-state index in [9.17, 15) is 4.39 Å². The van der Waals surface area contributed by atoms with Crippen LogP contribution in [0, 0.1) is 5.82 Å². The molecule has 3 rings (SSSR count). The van der Waals surface area contributed by atoms with Gasteiger partial charge in [0.05, 0.1) is 6.54 Å². The molecule has 1 saturated carbocycles. The molecule has 0 aromatic heterocycles. The van der Waals surface area contributed by atoms with Crippen LogP contribution in [0.4, 0.5) is 10.1 Å². The smallest absolute Gasteiger partial charge is 0.191 e. The van der Waals surface area contributed by atoms with Crippen molar-refractivity contribution in [2.75, 3.05) is 51.2 Å². The molecule has 126 valence electrons. The first-order valence-corrected chi connectivity index (χ1v) is 8.39. The summed E-state index contributed by atoms with van der Waals surface area (Å²) in [5.41, 5.74) is 7.10. The largest absolute Gasteiger partial charge is 0.370 e. The number of halogens is 1. The molecule has 1 heterocycles. The van der Waals surface area contributed by atoms with Crippen LogP contribution < -0.4 is 10.6 Å². The third kappa shape index (κ3) is 4.34. The van der Waals surface area contributed by atoms with Crippen molar-refractivity contribution in [1.82, 2.24) is 9.80 Å². The molecule has 1 saturated heterocycles. The summed E-state index contributed by atoms with van der Waals surface area (Å²) in [5, 5.41) is 0. The number of aliphatic imine (C=N–C) groups is 1. The minimum Gasteiger partial charge on any atom is -0.370 e. The molecule has 23 heavy (non-hydrogen) atoms. The Labute approximate surface area is 137 Å². The van der Waals surface area contributed by atoms with Crippen LogP contribution in [-0.2, 0) is 0 Å². The minimum absolute atomic E-state index is 0.181. The number of piperazine rings is 1. The number of benzene rings is 1. The van der Waals surface area contributed by atoms with Gasteiger partial charge in [-0.25, -0.2) is 4.39 Å². The fourth-order valence-electron chi connectivity index (χ4n) is 2.95. The second-order valence-corrected chi connectivity index (χ2v) is 6.39. The third-order valence-electron chi connectivity index (χ3n) is 4.71. The Bertz CT molecular complexity index is 532. The van der Waals surface area contributed by atoms with E-state index in [2.05, 4.69) is 19.7 Å². The molecule has 1 aliphatic carbocycles. The van der Waals surface area contributed by atoms with Crippen molar-refractivity contribution >= 4 is 11.6 Å². The summed E-state index contributed by atoms with van der Waals surface area (Å²) in [7, 11) is 2.03. The van der Waals surface area contributed by atoms with Crippen molar-refractivity contribution in [2.45, 2.75) is 18.9 Å². The molecular weight excluding hydrogens is 293 g/mol. The van der Waals surface area contributed by atoms with Crippen LogP contribution in [0.3, 0.4) is 0 Å². The van der Waals surface area contributed by atoms with Gasteiger partial charge in [-0.05, 0) is 37.1 Å². The Morgan fingerprint density at radius 1 is 1.22 bits per heavy atom. The molecule has 2 N–H and O–H groups in total. The van der Waals surface area contributed by atoms with Gasteiger partial charge >= 0.3 is 0 Å². The fourth-order valence-corrected chi connectivity index (χ4v) is 2.95. The lowest BCUT2D eigenvalue weighted by Crippen LogP contribution is -2.47. The minimum atomic E-state index is -0.181. The lowest BCUT2D eigenvalue weighted by molar-refractivity contribution is 0.264. The van der Waals surface area contributed by atoms with E-state index in [1.807, 2.05) is 19.2 Å². The van der Waals surface area contributed by atoms with E-state index in [0.717, 1.165) is 45.0 Å². The highest BCUT2D eigenvalue weighted by Crippen LogP contribution is 2.24. The zero-order valence-corrected chi connectivity index (χ0v) is 13.8. The molecule has 6 heteroatoms. The van der Waals surface area contributed by atoms with Crippen molar-refractivity contribution in [1.29, 1.82) is 0 Å². The summed E-state index contributed by atoms with van der Waals surface area (Å²) in [6.07, 6.45) is 2.47. The fraction of sp³-hybridized carbons (Fsp3) is 0.588. The second kappa shape index (κ2) is 7.17. The average Bonchev–Trinajstić information content (AvgIpc) is 3.40. The van der Waals surface area contributed by atoms with Crippen LogP contribution in [0.25, 0.3) is 0 Å². The van der Waals surface area contributed by atoms with E-state index in [-0.39, 0.29) is 5.82 Å². The van der Waals surface area contributed by atoms with Gasteiger partial charge in [-0.1, -0.05) is 0 Å². The van der Waals surface area contributed by atoms with E-state index < -0.39 is 0 Å². The molecule has 1 aromatic rings. The zero-order chi connectivity index (χ0) is 16.2. The molecule has 0 spiro atoms. The number of anilines is 1. The van der Waals surface area contributed by atoms with Crippen LogP contribution in [0.2, 0.25) is 0 Å². The van der Waals surface area contributed by atoms with Crippen molar-refractivity contribution in [3.05, 3.63) is 30.1 Å². The van der Waals surface area contributed by atoms with Gasteiger partial charge in [0.1, 0.15) is 5.82 Å². The zero-order valence-electron chi connectivity index (χ0n) is 13.8. The highest BCUT2D eigenvalue weighted by Gasteiger charge is 2.27. The van der Waals surface area contributed by atoms with E-state index in [1.54, 1.807) is 0 Å². The van der Waals surface area contributed by atoms with Crippen LogP contribution in [0.5, 0.6) is 0 Å². The lowest BCUT2D eigenvalue weighted by Gasteiger charge is -2.35. The Morgan fingerprint density at radius 2 is 1.87 bits per heavy atom. The number of nitrogens with zero attached hydrogens (tertiary/aromatic N) is 4. The first kappa shape index (κ1) is 16.1. The molecule has 0 amide bonds. The monoisotopic (exact) mass is 319 g/mol. The second-order valence-electron chi connectivity index (χ2n) is 6.39. The van der Waals surface area contributed by atoms with Gasteiger partial charge in [-0.3, -0.25) is 9.89 Å². The van der Waals surface area contributed by atoms with Crippen molar-refractivity contribution < 1.29 is 4.39 Å². The number of nitrogens with two attached hydrogens (primary N) is 1. The van der Waals surface area contributed by atoms with Gasteiger partial charge in [0, 0.05) is 51.5 Å². The molecule has 0 radical (unpaired) electrons. The predicted molar refractivity (Wildman–Crippen MR) is 92.3 cm³/mol.